The molecule has 1 amide bonds. The molecular formula is C17H15N5O2. The van der Waals surface area contributed by atoms with Gasteiger partial charge in [-0.2, -0.15) is 0 Å². The Labute approximate surface area is 138 Å². The van der Waals surface area contributed by atoms with E-state index in [0.717, 1.165) is 17.0 Å². The average Bonchev–Trinajstić information content (AvgIpc) is 3.16. The predicted octanol–water partition coefficient (Wildman–Crippen LogP) is 2.32. The van der Waals surface area contributed by atoms with Gasteiger partial charge < -0.3 is 10.1 Å². The van der Waals surface area contributed by atoms with Gasteiger partial charge in [-0.1, -0.05) is 12.1 Å². The summed E-state index contributed by atoms with van der Waals surface area (Å²) in [6.45, 7) is 0. The number of aromatic nitrogens is 4. The number of carbonyl (C=O) groups is 1. The lowest BCUT2D eigenvalue weighted by molar-refractivity contribution is -0.111. The van der Waals surface area contributed by atoms with Gasteiger partial charge in [-0.15, -0.1) is 5.10 Å². The second kappa shape index (κ2) is 7.19. The number of carbonyl (C=O) groups excluding carboxylic acids is 1. The third-order valence-corrected chi connectivity index (χ3v) is 3.29. The molecule has 3 aromatic rings. The molecule has 0 atom stereocenters. The molecule has 3 rings (SSSR count). The van der Waals surface area contributed by atoms with Gasteiger partial charge in [-0.3, -0.25) is 4.79 Å². The molecule has 7 nitrogen and oxygen atoms in total. The second-order valence-corrected chi connectivity index (χ2v) is 4.90. The molecule has 7 heteroatoms. The van der Waals surface area contributed by atoms with Gasteiger partial charge in [0.1, 0.15) is 12.1 Å². The first-order valence-electron chi connectivity index (χ1n) is 7.21. The van der Waals surface area contributed by atoms with Crippen molar-refractivity contribution in [2.24, 2.45) is 0 Å². The summed E-state index contributed by atoms with van der Waals surface area (Å²) in [6.07, 6.45) is 4.73. The van der Waals surface area contributed by atoms with Gasteiger partial charge >= 0.3 is 0 Å². The molecule has 1 N–H and O–H groups in total. The van der Waals surface area contributed by atoms with Crippen LogP contribution in [0.3, 0.4) is 0 Å². The van der Waals surface area contributed by atoms with E-state index in [1.54, 1.807) is 25.3 Å². The summed E-state index contributed by atoms with van der Waals surface area (Å²) >= 11 is 0. The zero-order valence-corrected chi connectivity index (χ0v) is 13.0. The number of hydrogen-bond donors (Lipinski definition) is 1. The predicted molar refractivity (Wildman–Crippen MR) is 89.8 cm³/mol. The van der Waals surface area contributed by atoms with E-state index in [1.807, 2.05) is 36.4 Å². The molecule has 1 heterocycles. The number of tetrazole rings is 1. The van der Waals surface area contributed by atoms with Crippen molar-refractivity contribution < 1.29 is 9.53 Å². The number of nitrogens with zero attached hydrogens (tertiary/aromatic N) is 4. The molecule has 2 aromatic carbocycles. The first-order chi connectivity index (χ1) is 11.7. The molecule has 0 aliphatic rings. The van der Waals surface area contributed by atoms with E-state index in [4.69, 9.17) is 4.74 Å². The van der Waals surface area contributed by atoms with Gasteiger partial charge in [0.25, 0.3) is 0 Å². The van der Waals surface area contributed by atoms with Crippen LogP contribution in [-0.4, -0.2) is 33.2 Å². The van der Waals surface area contributed by atoms with Crippen LogP contribution in [0.15, 0.2) is 60.9 Å². The Bertz CT molecular complexity index is 824. The van der Waals surface area contributed by atoms with Crippen LogP contribution in [0.5, 0.6) is 5.75 Å². The lowest BCUT2D eigenvalue weighted by atomic mass is 10.2. The van der Waals surface area contributed by atoms with Gasteiger partial charge in [0.15, 0.2) is 0 Å². The molecule has 0 spiro atoms. The third-order valence-electron chi connectivity index (χ3n) is 3.29. The summed E-state index contributed by atoms with van der Waals surface area (Å²) in [5, 5.41) is 13.8. The molecule has 0 saturated heterocycles. The molecule has 0 unspecified atom stereocenters. The van der Waals surface area contributed by atoms with E-state index in [9.17, 15) is 4.79 Å². The lowest BCUT2D eigenvalue weighted by Gasteiger charge is -2.04. The number of amides is 1. The minimum atomic E-state index is -0.207. The summed E-state index contributed by atoms with van der Waals surface area (Å²) in [5.41, 5.74) is 2.42. The third kappa shape index (κ3) is 3.83. The zero-order chi connectivity index (χ0) is 16.8. The van der Waals surface area contributed by atoms with Crippen LogP contribution in [0.25, 0.3) is 11.8 Å². The van der Waals surface area contributed by atoms with Gasteiger partial charge in [0.2, 0.25) is 5.91 Å². The van der Waals surface area contributed by atoms with Crippen molar-refractivity contribution in [3.63, 3.8) is 0 Å². The number of anilines is 1. The molecule has 0 fully saturated rings. The Balaban J connectivity index is 1.60. The van der Waals surface area contributed by atoms with Crippen molar-refractivity contribution >= 4 is 17.7 Å². The van der Waals surface area contributed by atoms with E-state index in [1.165, 1.54) is 17.1 Å². The Morgan fingerprint density at radius 1 is 1.12 bits per heavy atom. The summed E-state index contributed by atoms with van der Waals surface area (Å²) in [7, 11) is 1.61. The van der Waals surface area contributed by atoms with Gasteiger partial charge in [-0.05, 0) is 58.5 Å². The molecule has 1 aromatic heterocycles. The maximum atomic E-state index is 12.0. The van der Waals surface area contributed by atoms with Crippen molar-refractivity contribution in [1.82, 2.24) is 20.2 Å². The highest BCUT2D eigenvalue weighted by molar-refractivity contribution is 6.01. The summed E-state index contributed by atoms with van der Waals surface area (Å²) in [4.78, 5) is 12.0. The van der Waals surface area contributed by atoms with Crippen LogP contribution in [0.4, 0.5) is 5.69 Å². The fourth-order valence-electron chi connectivity index (χ4n) is 2.05. The van der Waals surface area contributed by atoms with Crippen LogP contribution in [-0.2, 0) is 4.79 Å². The number of rotatable bonds is 5. The highest BCUT2D eigenvalue weighted by Crippen LogP contribution is 2.14. The van der Waals surface area contributed by atoms with Crippen LogP contribution in [0.2, 0.25) is 0 Å². The van der Waals surface area contributed by atoms with Crippen molar-refractivity contribution in [1.29, 1.82) is 0 Å². The molecule has 0 radical (unpaired) electrons. The number of hydrogen-bond acceptors (Lipinski definition) is 5. The normalized spacial score (nSPS) is 10.7. The molecule has 0 aliphatic heterocycles. The Morgan fingerprint density at radius 3 is 2.50 bits per heavy atom. The SMILES string of the molecule is COc1ccc(/C=C/C(=O)Nc2ccc(-n3cnnn3)cc2)cc1. The molecule has 0 bridgehead atoms. The zero-order valence-electron chi connectivity index (χ0n) is 13.0. The lowest BCUT2D eigenvalue weighted by Crippen LogP contribution is -2.07. The number of benzene rings is 2. The first-order valence-corrected chi connectivity index (χ1v) is 7.21. The smallest absolute Gasteiger partial charge is 0.248 e. The van der Waals surface area contributed by atoms with E-state index in [0.29, 0.717) is 5.69 Å². The molecule has 0 saturated carbocycles. The fraction of sp³-hybridized carbons (Fsp3) is 0.0588. The number of methoxy groups -OCH3 is 1. The Morgan fingerprint density at radius 2 is 1.88 bits per heavy atom. The quantitative estimate of drug-likeness (QED) is 0.729. The minimum Gasteiger partial charge on any atom is -0.497 e. The standard InChI is InChI=1S/C17H15N5O2/c1-24-16-9-2-13(3-10-16)4-11-17(23)19-14-5-7-15(8-6-14)22-12-18-20-21-22/h2-12H,1H3,(H,19,23)/b11-4+. The van der Waals surface area contributed by atoms with Crippen molar-refractivity contribution in [2.75, 3.05) is 12.4 Å². The Kier molecular flexibility index (Phi) is 4.62. The largest absolute Gasteiger partial charge is 0.497 e. The van der Waals surface area contributed by atoms with Crippen LogP contribution in [0.1, 0.15) is 5.56 Å². The minimum absolute atomic E-state index is 0.207. The van der Waals surface area contributed by atoms with Crippen LogP contribution >= 0.6 is 0 Å². The summed E-state index contributed by atoms with van der Waals surface area (Å²) in [6, 6.07) is 14.7. The number of nitrogens with one attached hydrogen (secondary N) is 1. The monoisotopic (exact) mass is 321 g/mol. The van der Waals surface area contributed by atoms with Gasteiger partial charge in [0.05, 0.1) is 12.8 Å². The van der Waals surface area contributed by atoms with E-state index < -0.39 is 0 Å². The van der Waals surface area contributed by atoms with E-state index >= 15 is 0 Å². The number of ether oxygens (including phenoxy) is 1. The van der Waals surface area contributed by atoms with Crippen LogP contribution in [0, 0.1) is 0 Å². The second-order valence-electron chi connectivity index (χ2n) is 4.90. The maximum absolute atomic E-state index is 12.0. The highest BCUT2D eigenvalue weighted by atomic mass is 16.5. The average molecular weight is 321 g/mol. The van der Waals surface area contributed by atoms with E-state index in [2.05, 4.69) is 20.8 Å². The first kappa shape index (κ1) is 15.4. The summed E-state index contributed by atoms with van der Waals surface area (Å²) in [5.74, 6) is 0.570. The molecule has 24 heavy (non-hydrogen) atoms. The van der Waals surface area contributed by atoms with E-state index in [-0.39, 0.29) is 5.91 Å². The van der Waals surface area contributed by atoms with Crippen molar-refractivity contribution in [2.45, 2.75) is 0 Å². The molecule has 0 aliphatic carbocycles. The molecule has 120 valence electrons. The van der Waals surface area contributed by atoms with Crippen molar-refractivity contribution in [3.05, 3.63) is 66.5 Å². The maximum Gasteiger partial charge on any atom is 0.248 e. The van der Waals surface area contributed by atoms with Gasteiger partial charge in [-0.25, -0.2) is 4.68 Å². The molecular weight excluding hydrogens is 306 g/mol. The fourth-order valence-corrected chi connectivity index (χ4v) is 2.05. The Hall–Kier alpha value is -3.48. The van der Waals surface area contributed by atoms with Crippen LogP contribution < -0.4 is 10.1 Å². The van der Waals surface area contributed by atoms with Gasteiger partial charge in [0, 0.05) is 11.8 Å². The van der Waals surface area contributed by atoms with Crippen molar-refractivity contribution in [3.8, 4) is 11.4 Å². The topological polar surface area (TPSA) is 81.9 Å². The summed E-state index contributed by atoms with van der Waals surface area (Å²) < 4.78 is 6.63. The highest BCUT2D eigenvalue weighted by Gasteiger charge is 2.01.